The molecule has 2 aliphatic heterocycles. The van der Waals surface area contributed by atoms with Gasteiger partial charge in [0.1, 0.15) is 17.2 Å². The second-order valence-electron chi connectivity index (χ2n) is 8.29. The van der Waals surface area contributed by atoms with Crippen molar-refractivity contribution >= 4 is 33.2 Å². The Balaban J connectivity index is 1.39. The van der Waals surface area contributed by atoms with E-state index in [0.717, 1.165) is 50.5 Å². The summed E-state index contributed by atoms with van der Waals surface area (Å²) in [5.41, 5.74) is 4.18. The highest BCUT2D eigenvalue weighted by atomic mass is 79.9. The molecule has 2 atom stereocenters. The minimum Gasteiger partial charge on any atom is -0.464 e. The van der Waals surface area contributed by atoms with Gasteiger partial charge >= 0.3 is 0 Å². The molecular weight excluding hydrogens is 512 g/mol. The van der Waals surface area contributed by atoms with E-state index >= 15 is 0 Å². The zero-order valence-electron chi connectivity index (χ0n) is 18.1. The molecule has 34 heavy (non-hydrogen) atoms. The molecule has 2 heterocycles. The lowest BCUT2D eigenvalue weighted by Crippen LogP contribution is -2.33. The van der Waals surface area contributed by atoms with Crippen LogP contribution in [0.4, 0.5) is 0 Å². The summed E-state index contributed by atoms with van der Waals surface area (Å²) in [5, 5.41) is 7.82. The highest BCUT2D eigenvalue weighted by Gasteiger charge is 2.41. The summed E-state index contributed by atoms with van der Waals surface area (Å²) >= 11 is 9.73. The Morgan fingerprint density at radius 1 is 0.882 bits per heavy atom. The number of hydrogen-bond acceptors (Lipinski definition) is 4. The largest absolute Gasteiger partial charge is 0.464 e. The number of benzene rings is 4. The van der Waals surface area contributed by atoms with Crippen LogP contribution < -0.4 is 9.47 Å². The van der Waals surface area contributed by atoms with E-state index in [1.165, 1.54) is 0 Å². The van der Waals surface area contributed by atoms with Crippen LogP contribution in [0.15, 0.2) is 107 Å². The quantitative estimate of drug-likeness (QED) is 0.266. The number of para-hydroxylation sites is 1. The lowest BCUT2D eigenvalue weighted by Gasteiger charge is -2.38. The van der Waals surface area contributed by atoms with E-state index < -0.39 is 0 Å². The molecule has 6 heteroatoms. The summed E-state index contributed by atoms with van der Waals surface area (Å²) in [4.78, 5) is 0. The second-order valence-corrected chi connectivity index (χ2v) is 9.65. The number of rotatable bonds is 4. The normalized spacial score (nSPS) is 18.5. The molecule has 0 saturated heterocycles. The summed E-state index contributed by atoms with van der Waals surface area (Å²) in [6.45, 7) is 0. The minimum absolute atomic E-state index is 0.0654. The minimum atomic E-state index is -0.372. The molecule has 4 aromatic carbocycles. The molecule has 2 aliphatic rings. The molecule has 0 amide bonds. The Hall–Kier alpha value is -3.28. The number of halogens is 2. The molecule has 6 rings (SSSR count). The van der Waals surface area contributed by atoms with Gasteiger partial charge < -0.3 is 9.47 Å². The standard InChI is InChI=1S/C28H20BrClN2O2/c29-20-11-14-27-24(16-20)26-17-25(18-9-12-21(30)13-10-18)31-32(26)28(34-27)19-5-4-8-23(15-19)33-22-6-2-1-3-7-22/h1-16,26,28H,17H2/t26-,28-/m1/s1. The van der Waals surface area contributed by atoms with Crippen molar-refractivity contribution in [3.63, 3.8) is 0 Å². The third kappa shape index (κ3) is 4.06. The summed E-state index contributed by atoms with van der Waals surface area (Å²) in [7, 11) is 0. The predicted molar refractivity (Wildman–Crippen MR) is 138 cm³/mol. The number of fused-ring (bicyclic) bond motifs is 3. The first-order valence-electron chi connectivity index (χ1n) is 11.0. The van der Waals surface area contributed by atoms with E-state index in [4.69, 9.17) is 26.2 Å². The van der Waals surface area contributed by atoms with E-state index in [0.29, 0.717) is 5.02 Å². The Morgan fingerprint density at radius 3 is 2.50 bits per heavy atom. The highest BCUT2D eigenvalue weighted by molar-refractivity contribution is 9.10. The number of hydrazone groups is 1. The predicted octanol–water partition coefficient (Wildman–Crippen LogP) is 8.14. The Kier molecular flexibility index (Phi) is 5.52. The average molecular weight is 532 g/mol. The van der Waals surface area contributed by atoms with Crippen molar-refractivity contribution in [2.45, 2.75) is 18.7 Å². The monoisotopic (exact) mass is 530 g/mol. The first-order chi connectivity index (χ1) is 16.6. The fourth-order valence-electron chi connectivity index (χ4n) is 4.45. The van der Waals surface area contributed by atoms with Crippen molar-refractivity contribution in [2.24, 2.45) is 5.10 Å². The average Bonchev–Trinajstić information content (AvgIpc) is 3.31. The fourth-order valence-corrected chi connectivity index (χ4v) is 4.96. The zero-order valence-corrected chi connectivity index (χ0v) is 20.4. The summed E-state index contributed by atoms with van der Waals surface area (Å²) < 4.78 is 13.6. The molecule has 0 unspecified atom stereocenters. The molecule has 0 spiro atoms. The van der Waals surface area contributed by atoms with Gasteiger partial charge in [-0.2, -0.15) is 5.10 Å². The molecule has 168 valence electrons. The smallest absolute Gasteiger partial charge is 0.214 e. The molecule has 0 fully saturated rings. The van der Waals surface area contributed by atoms with Crippen LogP contribution in [0, 0.1) is 0 Å². The topological polar surface area (TPSA) is 34.1 Å². The summed E-state index contributed by atoms with van der Waals surface area (Å²) in [5.74, 6) is 2.42. The third-order valence-corrected chi connectivity index (χ3v) is 6.80. The maximum atomic E-state index is 6.52. The molecule has 0 bridgehead atoms. The SMILES string of the molecule is Clc1ccc(C2=NN3[C@H](C2)c2cc(Br)ccc2O[C@@H]3c2cccc(Oc3ccccc3)c2)cc1. The van der Waals surface area contributed by atoms with Gasteiger partial charge in [-0.05, 0) is 60.2 Å². The van der Waals surface area contributed by atoms with E-state index in [2.05, 4.69) is 33.1 Å². The first-order valence-corrected chi connectivity index (χ1v) is 12.2. The zero-order chi connectivity index (χ0) is 23.1. The van der Waals surface area contributed by atoms with Crippen molar-refractivity contribution in [3.8, 4) is 17.2 Å². The molecule has 0 radical (unpaired) electrons. The number of nitrogens with zero attached hydrogens (tertiary/aromatic N) is 2. The van der Waals surface area contributed by atoms with Crippen LogP contribution in [0.5, 0.6) is 17.2 Å². The second kappa shape index (κ2) is 8.82. The van der Waals surface area contributed by atoms with Crippen molar-refractivity contribution in [1.29, 1.82) is 0 Å². The van der Waals surface area contributed by atoms with Gasteiger partial charge in [0.05, 0.1) is 11.8 Å². The summed E-state index contributed by atoms with van der Waals surface area (Å²) in [6, 6.07) is 31.9. The van der Waals surface area contributed by atoms with E-state index in [1.54, 1.807) is 0 Å². The van der Waals surface area contributed by atoms with Gasteiger partial charge in [0.25, 0.3) is 0 Å². The fraction of sp³-hybridized carbons (Fsp3) is 0.107. The Labute approximate surface area is 211 Å². The maximum absolute atomic E-state index is 6.52. The van der Waals surface area contributed by atoms with Gasteiger partial charge in [0.15, 0.2) is 0 Å². The molecular formula is C28H20BrClN2O2. The van der Waals surface area contributed by atoms with Crippen molar-refractivity contribution in [3.05, 3.63) is 123 Å². The van der Waals surface area contributed by atoms with Crippen LogP contribution in [0.2, 0.25) is 5.02 Å². The number of hydrogen-bond donors (Lipinski definition) is 0. The van der Waals surface area contributed by atoms with Gasteiger partial charge in [-0.3, -0.25) is 0 Å². The molecule has 0 N–H and O–H groups in total. The van der Waals surface area contributed by atoms with E-state index in [1.807, 2.05) is 84.9 Å². The number of ether oxygens (including phenoxy) is 2. The molecule has 4 aromatic rings. The molecule has 0 aliphatic carbocycles. The van der Waals surface area contributed by atoms with Gasteiger partial charge in [-0.1, -0.05) is 70.0 Å². The van der Waals surface area contributed by atoms with Crippen LogP contribution in [0.3, 0.4) is 0 Å². The molecule has 4 nitrogen and oxygen atoms in total. The van der Waals surface area contributed by atoms with Gasteiger partial charge in [0, 0.05) is 27.0 Å². The maximum Gasteiger partial charge on any atom is 0.214 e. The van der Waals surface area contributed by atoms with E-state index in [-0.39, 0.29) is 12.3 Å². The molecule has 0 aromatic heterocycles. The highest BCUT2D eigenvalue weighted by Crippen LogP contribution is 2.48. The molecule has 0 saturated carbocycles. The van der Waals surface area contributed by atoms with Gasteiger partial charge in [-0.25, -0.2) is 5.01 Å². The van der Waals surface area contributed by atoms with Crippen molar-refractivity contribution in [1.82, 2.24) is 5.01 Å². The Morgan fingerprint density at radius 2 is 1.68 bits per heavy atom. The van der Waals surface area contributed by atoms with Gasteiger partial charge in [-0.15, -0.1) is 0 Å². The summed E-state index contributed by atoms with van der Waals surface area (Å²) in [6.07, 6.45) is 0.410. The van der Waals surface area contributed by atoms with Crippen LogP contribution in [-0.4, -0.2) is 10.7 Å². The van der Waals surface area contributed by atoms with Crippen molar-refractivity contribution < 1.29 is 9.47 Å². The van der Waals surface area contributed by atoms with Crippen LogP contribution in [0.25, 0.3) is 0 Å². The van der Waals surface area contributed by atoms with Crippen LogP contribution in [0.1, 0.15) is 35.4 Å². The van der Waals surface area contributed by atoms with Crippen molar-refractivity contribution in [2.75, 3.05) is 0 Å². The lowest BCUT2D eigenvalue weighted by molar-refractivity contribution is -0.0191. The van der Waals surface area contributed by atoms with Crippen LogP contribution in [-0.2, 0) is 0 Å². The first kappa shape index (κ1) is 21.3. The third-order valence-electron chi connectivity index (χ3n) is 6.05. The van der Waals surface area contributed by atoms with Gasteiger partial charge in [0.2, 0.25) is 6.23 Å². The Bertz CT molecular complexity index is 1380. The van der Waals surface area contributed by atoms with E-state index in [9.17, 15) is 0 Å². The lowest BCUT2D eigenvalue weighted by atomic mass is 9.96. The van der Waals surface area contributed by atoms with Crippen LogP contribution >= 0.6 is 27.5 Å².